The van der Waals surface area contributed by atoms with Crippen molar-refractivity contribution in [3.63, 3.8) is 0 Å². The van der Waals surface area contributed by atoms with Crippen LogP contribution >= 0.6 is 0 Å². The van der Waals surface area contributed by atoms with Crippen LogP contribution in [-0.2, 0) is 4.79 Å². The first-order chi connectivity index (χ1) is 10.2. The van der Waals surface area contributed by atoms with E-state index in [0.29, 0.717) is 13.0 Å². The molecule has 1 aromatic carbocycles. The molecule has 0 aliphatic rings. The number of nitrogens with one attached hydrogen (secondary N) is 2. The molecule has 0 bridgehead atoms. The lowest BCUT2D eigenvalue weighted by Gasteiger charge is -2.15. The molecule has 2 N–H and O–H groups in total. The zero-order valence-electron chi connectivity index (χ0n) is 12.5. The third kappa shape index (κ3) is 4.39. The monoisotopic (exact) mass is 283 g/mol. The van der Waals surface area contributed by atoms with E-state index in [1.807, 2.05) is 26.1 Å². The highest BCUT2D eigenvalue weighted by molar-refractivity contribution is 5.76. The molecule has 1 heterocycles. The van der Waals surface area contributed by atoms with E-state index in [1.54, 1.807) is 12.4 Å². The van der Waals surface area contributed by atoms with Crippen molar-refractivity contribution in [3.05, 3.63) is 54.4 Å². The van der Waals surface area contributed by atoms with Gasteiger partial charge in [-0.2, -0.15) is 0 Å². The first kappa shape index (κ1) is 15.2. The summed E-state index contributed by atoms with van der Waals surface area (Å²) in [6.07, 6.45) is 4.07. The highest BCUT2D eigenvalue weighted by Crippen LogP contribution is 2.21. The summed E-state index contributed by atoms with van der Waals surface area (Å²) < 4.78 is 0. The maximum absolute atomic E-state index is 11.7. The van der Waals surface area contributed by atoms with E-state index in [9.17, 15) is 4.79 Å². The average Bonchev–Trinajstić information content (AvgIpc) is 2.54. The Hall–Kier alpha value is -2.20. The van der Waals surface area contributed by atoms with Gasteiger partial charge in [0.1, 0.15) is 0 Å². The van der Waals surface area contributed by atoms with E-state index in [1.165, 1.54) is 0 Å². The van der Waals surface area contributed by atoms with Gasteiger partial charge in [0.25, 0.3) is 0 Å². The van der Waals surface area contributed by atoms with Crippen molar-refractivity contribution < 1.29 is 4.79 Å². The van der Waals surface area contributed by atoms with E-state index in [0.717, 1.165) is 16.7 Å². The minimum atomic E-state index is 0.0147. The van der Waals surface area contributed by atoms with Gasteiger partial charge < -0.3 is 10.6 Å². The van der Waals surface area contributed by atoms with Crippen molar-refractivity contribution in [3.8, 4) is 11.1 Å². The number of hydrogen-bond donors (Lipinski definition) is 2. The SMILES string of the molecule is CNCCC(=O)NC(C)c1ccc(-c2ccncc2)cc1. The quantitative estimate of drug-likeness (QED) is 0.856. The fraction of sp³-hybridized carbons (Fsp3) is 0.294. The molecule has 0 aliphatic heterocycles. The smallest absolute Gasteiger partial charge is 0.221 e. The number of carbonyl (C=O) groups excluding carboxylic acids is 1. The van der Waals surface area contributed by atoms with Gasteiger partial charge in [-0.25, -0.2) is 0 Å². The number of aromatic nitrogens is 1. The van der Waals surface area contributed by atoms with Crippen LogP contribution in [0.3, 0.4) is 0 Å². The van der Waals surface area contributed by atoms with Gasteiger partial charge in [-0.3, -0.25) is 9.78 Å². The largest absolute Gasteiger partial charge is 0.350 e. The van der Waals surface area contributed by atoms with Crippen molar-refractivity contribution in [1.29, 1.82) is 0 Å². The number of pyridine rings is 1. The molecular weight excluding hydrogens is 262 g/mol. The Morgan fingerprint density at radius 2 is 1.71 bits per heavy atom. The number of rotatable bonds is 6. The molecule has 21 heavy (non-hydrogen) atoms. The predicted octanol–water partition coefficient (Wildman–Crippen LogP) is 2.54. The molecule has 0 saturated heterocycles. The summed E-state index contributed by atoms with van der Waals surface area (Å²) in [6.45, 7) is 2.69. The summed E-state index contributed by atoms with van der Waals surface area (Å²) in [6, 6.07) is 12.2. The fourth-order valence-electron chi connectivity index (χ4n) is 2.14. The highest BCUT2D eigenvalue weighted by atomic mass is 16.1. The normalized spacial score (nSPS) is 11.9. The van der Waals surface area contributed by atoms with Crippen molar-refractivity contribution in [2.45, 2.75) is 19.4 Å². The van der Waals surface area contributed by atoms with Crippen LogP contribution in [0.5, 0.6) is 0 Å². The molecule has 110 valence electrons. The lowest BCUT2D eigenvalue weighted by atomic mass is 10.0. The van der Waals surface area contributed by atoms with Gasteiger partial charge in [-0.1, -0.05) is 24.3 Å². The predicted molar refractivity (Wildman–Crippen MR) is 84.8 cm³/mol. The Balaban J connectivity index is 2.00. The van der Waals surface area contributed by atoms with Gasteiger partial charge in [0.2, 0.25) is 5.91 Å². The van der Waals surface area contributed by atoms with Gasteiger partial charge in [-0.15, -0.1) is 0 Å². The Labute approximate surface area is 125 Å². The number of nitrogens with zero attached hydrogens (tertiary/aromatic N) is 1. The van der Waals surface area contributed by atoms with Gasteiger partial charge in [0, 0.05) is 25.4 Å². The zero-order valence-corrected chi connectivity index (χ0v) is 12.5. The second-order valence-corrected chi connectivity index (χ2v) is 5.00. The number of hydrogen-bond acceptors (Lipinski definition) is 3. The Kier molecular flexibility index (Phi) is 5.46. The Morgan fingerprint density at radius 1 is 1.10 bits per heavy atom. The molecule has 1 atom stereocenters. The van der Waals surface area contributed by atoms with E-state index in [2.05, 4.69) is 39.9 Å². The summed E-state index contributed by atoms with van der Waals surface area (Å²) in [5, 5.41) is 5.97. The number of benzene rings is 1. The van der Waals surface area contributed by atoms with E-state index in [-0.39, 0.29) is 11.9 Å². The summed E-state index contributed by atoms with van der Waals surface area (Å²) in [5.41, 5.74) is 3.39. The first-order valence-corrected chi connectivity index (χ1v) is 7.15. The summed E-state index contributed by atoms with van der Waals surface area (Å²) in [4.78, 5) is 15.7. The summed E-state index contributed by atoms with van der Waals surface area (Å²) in [7, 11) is 1.84. The third-order valence-corrected chi connectivity index (χ3v) is 3.40. The van der Waals surface area contributed by atoms with Gasteiger partial charge in [-0.05, 0) is 42.8 Å². The van der Waals surface area contributed by atoms with Crippen molar-refractivity contribution in [1.82, 2.24) is 15.6 Å². The molecule has 0 radical (unpaired) electrons. The molecule has 1 aromatic heterocycles. The van der Waals surface area contributed by atoms with Crippen LogP contribution in [0, 0.1) is 0 Å². The second kappa shape index (κ2) is 7.55. The van der Waals surface area contributed by atoms with Crippen molar-refractivity contribution in [2.24, 2.45) is 0 Å². The van der Waals surface area contributed by atoms with E-state index >= 15 is 0 Å². The molecule has 0 aliphatic carbocycles. The van der Waals surface area contributed by atoms with Crippen LogP contribution in [0.15, 0.2) is 48.8 Å². The van der Waals surface area contributed by atoms with Crippen LogP contribution in [0.25, 0.3) is 11.1 Å². The van der Waals surface area contributed by atoms with Crippen LogP contribution < -0.4 is 10.6 Å². The lowest BCUT2D eigenvalue weighted by Crippen LogP contribution is -2.28. The van der Waals surface area contributed by atoms with E-state index < -0.39 is 0 Å². The Morgan fingerprint density at radius 3 is 2.33 bits per heavy atom. The summed E-state index contributed by atoms with van der Waals surface area (Å²) >= 11 is 0. The molecule has 1 amide bonds. The van der Waals surface area contributed by atoms with Crippen LogP contribution in [0.1, 0.15) is 24.9 Å². The van der Waals surface area contributed by atoms with Crippen LogP contribution in [0.4, 0.5) is 0 Å². The van der Waals surface area contributed by atoms with Gasteiger partial charge >= 0.3 is 0 Å². The zero-order chi connectivity index (χ0) is 15.1. The lowest BCUT2D eigenvalue weighted by molar-refractivity contribution is -0.121. The minimum Gasteiger partial charge on any atom is -0.350 e. The highest BCUT2D eigenvalue weighted by Gasteiger charge is 2.09. The second-order valence-electron chi connectivity index (χ2n) is 5.00. The number of amides is 1. The van der Waals surface area contributed by atoms with E-state index in [4.69, 9.17) is 0 Å². The molecule has 4 nitrogen and oxygen atoms in total. The molecule has 0 fully saturated rings. The molecule has 2 aromatic rings. The van der Waals surface area contributed by atoms with Gasteiger partial charge in [0.15, 0.2) is 0 Å². The molecule has 0 spiro atoms. The maximum Gasteiger partial charge on any atom is 0.221 e. The van der Waals surface area contributed by atoms with Crippen LogP contribution in [0.2, 0.25) is 0 Å². The fourth-order valence-corrected chi connectivity index (χ4v) is 2.14. The minimum absolute atomic E-state index is 0.0147. The third-order valence-electron chi connectivity index (χ3n) is 3.40. The molecule has 2 rings (SSSR count). The molecule has 0 saturated carbocycles. The average molecular weight is 283 g/mol. The van der Waals surface area contributed by atoms with Crippen molar-refractivity contribution >= 4 is 5.91 Å². The molecular formula is C17H21N3O. The number of carbonyl (C=O) groups is 1. The maximum atomic E-state index is 11.7. The Bertz CT molecular complexity index is 566. The first-order valence-electron chi connectivity index (χ1n) is 7.15. The standard InChI is InChI=1S/C17H21N3O/c1-13(20-17(21)9-10-18-2)14-3-5-15(6-4-14)16-7-11-19-12-8-16/h3-8,11-13,18H,9-10H2,1-2H3,(H,20,21). The molecule has 4 heteroatoms. The topological polar surface area (TPSA) is 54.0 Å². The van der Waals surface area contributed by atoms with Crippen molar-refractivity contribution in [2.75, 3.05) is 13.6 Å². The van der Waals surface area contributed by atoms with Crippen LogP contribution in [-0.4, -0.2) is 24.5 Å². The summed E-state index contributed by atoms with van der Waals surface area (Å²) in [5.74, 6) is 0.0649. The molecule has 1 unspecified atom stereocenters. The van der Waals surface area contributed by atoms with Gasteiger partial charge in [0.05, 0.1) is 6.04 Å².